The number of nitrogens with one attached hydrogen (secondary N) is 1. The predicted octanol–water partition coefficient (Wildman–Crippen LogP) is 4.11. The second kappa shape index (κ2) is 9.55. The normalized spacial score (nSPS) is 11.3. The van der Waals surface area contributed by atoms with E-state index in [0.717, 1.165) is 66.5 Å². The summed E-state index contributed by atoms with van der Waals surface area (Å²) >= 11 is 0. The number of aryl methyl sites for hydroxylation is 2. The van der Waals surface area contributed by atoms with Gasteiger partial charge in [0.2, 0.25) is 0 Å². The summed E-state index contributed by atoms with van der Waals surface area (Å²) < 4.78 is 2.25. The van der Waals surface area contributed by atoms with Crippen LogP contribution in [-0.4, -0.2) is 32.0 Å². The SMILES string of the molecule is CCCCc1nc2c(N)nc3cccnc3c2n1CCCCNC(=O)c1ccccc1. The van der Waals surface area contributed by atoms with Gasteiger partial charge in [-0.05, 0) is 43.5 Å². The summed E-state index contributed by atoms with van der Waals surface area (Å²) in [6, 6.07) is 13.1. The van der Waals surface area contributed by atoms with Crippen molar-refractivity contribution >= 4 is 33.8 Å². The van der Waals surface area contributed by atoms with E-state index < -0.39 is 0 Å². The van der Waals surface area contributed by atoms with Crippen LogP contribution >= 0.6 is 0 Å². The van der Waals surface area contributed by atoms with Crippen molar-refractivity contribution in [2.24, 2.45) is 0 Å². The summed E-state index contributed by atoms with van der Waals surface area (Å²) in [5, 5.41) is 3.00. The minimum absolute atomic E-state index is 0.0358. The molecule has 1 aromatic carbocycles. The highest BCUT2D eigenvalue weighted by Crippen LogP contribution is 2.28. The minimum Gasteiger partial charge on any atom is -0.382 e. The highest BCUT2D eigenvalue weighted by molar-refractivity contribution is 6.04. The van der Waals surface area contributed by atoms with Crippen LogP contribution in [0, 0.1) is 0 Å². The molecule has 0 saturated carbocycles. The van der Waals surface area contributed by atoms with Crippen LogP contribution in [0.25, 0.3) is 22.1 Å². The molecule has 0 atom stereocenters. The number of aromatic nitrogens is 4. The number of carbonyl (C=O) groups is 1. The van der Waals surface area contributed by atoms with Crippen LogP contribution < -0.4 is 11.1 Å². The van der Waals surface area contributed by atoms with Crippen LogP contribution in [0.4, 0.5) is 5.82 Å². The molecule has 4 aromatic rings. The van der Waals surface area contributed by atoms with Gasteiger partial charge in [0.1, 0.15) is 22.4 Å². The van der Waals surface area contributed by atoms with Crippen molar-refractivity contribution in [1.29, 1.82) is 0 Å². The van der Waals surface area contributed by atoms with Gasteiger partial charge >= 0.3 is 0 Å². The predicted molar refractivity (Wildman–Crippen MR) is 124 cm³/mol. The Morgan fingerprint density at radius 1 is 1.03 bits per heavy atom. The maximum absolute atomic E-state index is 12.2. The van der Waals surface area contributed by atoms with Gasteiger partial charge in [-0.3, -0.25) is 9.78 Å². The summed E-state index contributed by atoms with van der Waals surface area (Å²) in [7, 11) is 0. The van der Waals surface area contributed by atoms with Gasteiger partial charge in [0.05, 0.1) is 5.52 Å². The lowest BCUT2D eigenvalue weighted by Gasteiger charge is -2.11. The Morgan fingerprint density at radius 2 is 1.87 bits per heavy atom. The lowest BCUT2D eigenvalue weighted by molar-refractivity contribution is 0.0953. The van der Waals surface area contributed by atoms with Crippen molar-refractivity contribution < 1.29 is 4.79 Å². The van der Waals surface area contributed by atoms with Gasteiger partial charge < -0.3 is 15.6 Å². The Kier molecular flexibility index (Phi) is 6.40. The number of anilines is 1. The van der Waals surface area contributed by atoms with Crippen LogP contribution in [0.3, 0.4) is 0 Å². The first-order valence-corrected chi connectivity index (χ1v) is 10.9. The maximum atomic E-state index is 12.2. The Balaban J connectivity index is 1.51. The van der Waals surface area contributed by atoms with Crippen molar-refractivity contribution in [3.63, 3.8) is 0 Å². The van der Waals surface area contributed by atoms with Gasteiger partial charge in [0, 0.05) is 31.3 Å². The minimum atomic E-state index is -0.0358. The first-order chi connectivity index (χ1) is 15.2. The second-order valence-electron chi connectivity index (χ2n) is 7.68. The molecule has 0 radical (unpaired) electrons. The molecule has 0 unspecified atom stereocenters. The van der Waals surface area contributed by atoms with E-state index in [1.54, 1.807) is 6.20 Å². The number of imidazole rings is 1. The lowest BCUT2D eigenvalue weighted by atomic mass is 10.2. The van der Waals surface area contributed by atoms with Crippen LogP contribution in [0.2, 0.25) is 0 Å². The number of benzene rings is 1. The van der Waals surface area contributed by atoms with Gasteiger partial charge in [0.15, 0.2) is 5.82 Å². The van der Waals surface area contributed by atoms with Gasteiger partial charge in [-0.25, -0.2) is 9.97 Å². The van der Waals surface area contributed by atoms with Gasteiger partial charge in [0.25, 0.3) is 5.91 Å². The quantitative estimate of drug-likeness (QED) is 0.400. The number of pyridine rings is 2. The van der Waals surface area contributed by atoms with Crippen molar-refractivity contribution in [1.82, 2.24) is 24.8 Å². The molecule has 3 heterocycles. The number of nitrogen functional groups attached to an aromatic ring is 1. The zero-order valence-electron chi connectivity index (χ0n) is 17.8. The van der Waals surface area contributed by atoms with E-state index in [2.05, 4.69) is 26.8 Å². The molecule has 3 aromatic heterocycles. The molecule has 4 rings (SSSR count). The molecule has 1 amide bonds. The van der Waals surface area contributed by atoms with E-state index in [9.17, 15) is 4.79 Å². The topological polar surface area (TPSA) is 98.7 Å². The fourth-order valence-electron chi connectivity index (χ4n) is 3.83. The van der Waals surface area contributed by atoms with Gasteiger partial charge in [-0.1, -0.05) is 31.5 Å². The molecule has 0 aliphatic rings. The fourth-order valence-corrected chi connectivity index (χ4v) is 3.83. The molecular formula is C24H28N6O. The Hall–Kier alpha value is -3.48. The van der Waals surface area contributed by atoms with Crippen molar-refractivity contribution in [3.05, 3.63) is 60.0 Å². The van der Waals surface area contributed by atoms with Crippen molar-refractivity contribution in [2.75, 3.05) is 12.3 Å². The summed E-state index contributed by atoms with van der Waals surface area (Å²) in [4.78, 5) is 26.1. The monoisotopic (exact) mass is 416 g/mol. The summed E-state index contributed by atoms with van der Waals surface area (Å²) in [5.74, 6) is 1.44. The van der Waals surface area contributed by atoms with E-state index in [-0.39, 0.29) is 5.91 Å². The van der Waals surface area contributed by atoms with Gasteiger partial charge in [-0.2, -0.15) is 0 Å². The first-order valence-electron chi connectivity index (χ1n) is 10.9. The Bertz CT molecular complexity index is 1190. The zero-order chi connectivity index (χ0) is 21.6. The summed E-state index contributed by atoms with van der Waals surface area (Å²) in [5.41, 5.74) is 10.2. The summed E-state index contributed by atoms with van der Waals surface area (Å²) in [6.45, 7) is 3.61. The molecule has 0 spiro atoms. The average Bonchev–Trinajstić information content (AvgIpc) is 3.17. The first kappa shape index (κ1) is 20.8. The fraction of sp³-hybridized carbons (Fsp3) is 0.333. The number of hydrogen-bond acceptors (Lipinski definition) is 5. The number of nitrogens with zero attached hydrogens (tertiary/aromatic N) is 4. The number of rotatable bonds is 9. The summed E-state index contributed by atoms with van der Waals surface area (Å²) in [6.07, 6.45) is 6.62. The number of carbonyl (C=O) groups excluding carboxylic acids is 1. The molecule has 0 bridgehead atoms. The molecule has 0 saturated heterocycles. The number of nitrogens with two attached hydrogens (primary N) is 1. The average molecular weight is 417 g/mol. The van der Waals surface area contributed by atoms with E-state index in [0.29, 0.717) is 17.9 Å². The Labute approximate surface area is 181 Å². The van der Waals surface area contributed by atoms with Crippen molar-refractivity contribution in [2.45, 2.75) is 45.6 Å². The highest BCUT2D eigenvalue weighted by atomic mass is 16.1. The molecular weight excluding hydrogens is 388 g/mol. The van der Waals surface area contributed by atoms with E-state index in [4.69, 9.17) is 10.7 Å². The third kappa shape index (κ3) is 4.50. The third-order valence-electron chi connectivity index (χ3n) is 5.42. The van der Waals surface area contributed by atoms with Gasteiger partial charge in [-0.15, -0.1) is 0 Å². The lowest BCUT2D eigenvalue weighted by Crippen LogP contribution is -2.24. The Morgan fingerprint density at radius 3 is 2.68 bits per heavy atom. The van der Waals surface area contributed by atoms with Crippen LogP contribution in [0.5, 0.6) is 0 Å². The highest BCUT2D eigenvalue weighted by Gasteiger charge is 2.17. The van der Waals surface area contributed by atoms with Crippen LogP contribution in [0.15, 0.2) is 48.7 Å². The molecule has 0 aliphatic carbocycles. The molecule has 7 nitrogen and oxygen atoms in total. The van der Waals surface area contributed by atoms with E-state index >= 15 is 0 Å². The molecule has 31 heavy (non-hydrogen) atoms. The molecule has 160 valence electrons. The largest absolute Gasteiger partial charge is 0.382 e. The molecule has 0 fully saturated rings. The van der Waals surface area contributed by atoms with Crippen LogP contribution in [0.1, 0.15) is 48.8 Å². The maximum Gasteiger partial charge on any atom is 0.251 e. The molecule has 0 aliphatic heterocycles. The van der Waals surface area contributed by atoms with E-state index in [1.807, 2.05) is 42.5 Å². The molecule has 7 heteroatoms. The number of fused-ring (bicyclic) bond motifs is 3. The molecule has 3 N–H and O–H groups in total. The van der Waals surface area contributed by atoms with E-state index in [1.165, 1.54) is 0 Å². The standard InChI is InChI=1S/C24H28N6O/c1-2-3-13-19-29-21-22(20-18(28-23(21)25)12-9-15-26-20)30(19)16-8-7-14-27-24(31)17-10-5-4-6-11-17/h4-6,9-12,15H,2-3,7-8,13-14,16H2,1H3,(H2,25,28)(H,27,31). The third-order valence-corrected chi connectivity index (χ3v) is 5.42. The number of unbranched alkanes of at least 4 members (excludes halogenated alkanes) is 2. The second-order valence-corrected chi connectivity index (χ2v) is 7.68. The number of amides is 1. The smallest absolute Gasteiger partial charge is 0.251 e. The van der Waals surface area contributed by atoms with Crippen LogP contribution in [-0.2, 0) is 13.0 Å². The number of hydrogen-bond donors (Lipinski definition) is 2. The van der Waals surface area contributed by atoms with Crippen molar-refractivity contribution in [3.8, 4) is 0 Å². The zero-order valence-corrected chi connectivity index (χ0v) is 17.8.